The molecule has 0 saturated carbocycles. The molecule has 0 aliphatic heterocycles. The van der Waals surface area contributed by atoms with E-state index < -0.39 is 0 Å². The SMILES string of the molecule is COc1cc(/C=N\n2cn[nH]c2=S)ccc1OCc1ccc(Cl)cc1. The number of ether oxygens (including phenoxy) is 2. The van der Waals surface area contributed by atoms with Crippen molar-refractivity contribution in [1.29, 1.82) is 0 Å². The van der Waals surface area contributed by atoms with E-state index in [1.165, 1.54) is 11.0 Å². The first-order valence-electron chi connectivity index (χ1n) is 7.37. The second kappa shape index (κ2) is 7.96. The topological polar surface area (TPSA) is 64.4 Å². The van der Waals surface area contributed by atoms with Gasteiger partial charge in [0.1, 0.15) is 12.9 Å². The van der Waals surface area contributed by atoms with E-state index in [4.69, 9.17) is 33.3 Å². The number of nitrogens with zero attached hydrogens (tertiary/aromatic N) is 3. The Morgan fingerprint density at radius 1 is 1.24 bits per heavy atom. The van der Waals surface area contributed by atoms with Gasteiger partial charge in [0.2, 0.25) is 4.77 Å². The van der Waals surface area contributed by atoms with Gasteiger partial charge in [-0.15, -0.1) is 0 Å². The smallest absolute Gasteiger partial charge is 0.216 e. The van der Waals surface area contributed by atoms with Crippen molar-refractivity contribution in [2.75, 3.05) is 7.11 Å². The fourth-order valence-corrected chi connectivity index (χ4v) is 2.35. The van der Waals surface area contributed by atoms with E-state index in [0.717, 1.165) is 11.1 Å². The zero-order valence-corrected chi connectivity index (χ0v) is 14.9. The Morgan fingerprint density at radius 2 is 2.04 bits per heavy atom. The predicted octanol–water partition coefficient (Wildman–Crippen LogP) is 4.06. The van der Waals surface area contributed by atoms with Gasteiger partial charge in [0.15, 0.2) is 11.5 Å². The van der Waals surface area contributed by atoms with Crippen LogP contribution in [0, 0.1) is 4.77 Å². The molecule has 0 aliphatic carbocycles. The zero-order valence-electron chi connectivity index (χ0n) is 13.3. The van der Waals surface area contributed by atoms with Crippen LogP contribution in [0.3, 0.4) is 0 Å². The number of hydrogen-bond acceptors (Lipinski definition) is 5. The average molecular weight is 375 g/mol. The molecule has 3 rings (SSSR count). The minimum absolute atomic E-state index is 0.422. The number of hydrogen-bond donors (Lipinski definition) is 1. The van der Waals surface area contributed by atoms with Gasteiger partial charge in [-0.25, -0.2) is 0 Å². The summed E-state index contributed by atoms with van der Waals surface area (Å²) in [5.41, 5.74) is 1.87. The predicted molar refractivity (Wildman–Crippen MR) is 99.2 cm³/mol. The molecule has 3 aromatic rings. The lowest BCUT2D eigenvalue weighted by Gasteiger charge is -2.11. The molecule has 25 heavy (non-hydrogen) atoms. The molecule has 0 radical (unpaired) electrons. The minimum atomic E-state index is 0.422. The molecular formula is C17H15ClN4O2S. The van der Waals surface area contributed by atoms with Crippen molar-refractivity contribution >= 4 is 30.0 Å². The molecule has 1 aromatic heterocycles. The molecule has 0 fully saturated rings. The Hall–Kier alpha value is -2.64. The summed E-state index contributed by atoms with van der Waals surface area (Å²) in [6.45, 7) is 0.422. The summed E-state index contributed by atoms with van der Waals surface area (Å²) in [7, 11) is 1.59. The maximum atomic E-state index is 5.88. The molecule has 8 heteroatoms. The maximum Gasteiger partial charge on any atom is 0.216 e. The van der Waals surface area contributed by atoms with Crippen LogP contribution >= 0.6 is 23.8 Å². The first-order chi connectivity index (χ1) is 12.2. The van der Waals surface area contributed by atoms with Crippen molar-refractivity contribution in [3.63, 3.8) is 0 Å². The van der Waals surface area contributed by atoms with E-state index in [9.17, 15) is 0 Å². The Bertz CT molecular complexity index is 934. The second-order valence-corrected chi connectivity index (χ2v) is 5.90. The summed E-state index contributed by atoms with van der Waals surface area (Å²) >= 11 is 10.9. The molecule has 0 amide bonds. The van der Waals surface area contributed by atoms with Crippen LogP contribution in [0.2, 0.25) is 5.02 Å². The first kappa shape index (κ1) is 17.2. The van der Waals surface area contributed by atoms with Crippen molar-refractivity contribution in [2.24, 2.45) is 5.10 Å². The molecule has 0 bridgehead atoms. The fraction of sp³-hybridized carbons (Fsp3) is 0.118. The Balaban J connectivity index is 1.73. The molecular weight excluding hydrogens is 360 g/mol. The van der Waals surface area contributed by atoms with E-state index in [2.05, 4.69) is 15.3 Å². The van der Waals surface area contributed by atoms with Gasteiger partial charge in [-0.3, -0.25) is 5.10 Å². The van der Waals surface area contributed by atoms with E-state index in [1.54, 1.807) is 13.3 Å². The van der Waals surface area contributed by atoms with Gasteiger partial charge in [-0.2, -0.15) is 14.9 Å². The lowest BCUT2D eigenvalue weighted by atomic mass is 10.2. The Labute approximate surface area is 154 Å². The number of H-pyrrole nitrogens is 1. The molecule has 2 aromatic carbocycles. The normalized spacial score (nSPS) is 11.0. The third-order valence-corrected chi connectivity index (χ3v) is 3.89. The summed E-state index contributed by atoms with van der Waals surface area (Å²) in [6, 6.07) is 13.1. The van der Waals surface area contributed by atoms with Gasteiger partial charge in [-0.1, -0.05) is 23.7 Å². The lowest BCUT2D eigenvalue weighted by molar-refractivity contribution is 0.284. The van der Waals surface area contributed by atoms with Crippen molar-refractivity contribution in [3.05, 3.63) is 69.7 Å². The highest BCUT2D eigenvalue weighted by Crippen LogP contribution is 2.28. The molecule has 0 atom stereocenters. The zero-order chi connectivity index (χ0) is 17.6. The summed E-state index contributed by atoms with van der Waals surface area (Å²) < 4.78 is 13.1. The highest BCUT2D eigenvalue weighted by Gasteiger charge is 2.06. The number of benzene rings is 2. The average Bonchev–Trinajstić information content (AvgIpc) is 3.04. The van der Waals surface area contributed by atoms with E-state index in [-0.39, 0.29) is 0 Å². The molecule has 128 valence electrons. The first-order valence-corrected chi connectivity index (χ1v) is 8.16. The van der Waals surface area contributed by atoms with Crippen LogP contribution in [0.1, 0.15) is 11.1 Å². The largest absolute Gasteiger partial charge is 0.493 e. The van der Waals surface area contributed by atoms with Crippen LogP contribution in [-0.4, -0.2) is 28.2 Å². The maximum absolute atomic E-state index is 5.88. The molecule has 0 saturated heterocycles. The van der Waals surface area contributed by atoms with E-state index in [0.29, 0.717) is 27.9 Å². The number of methoxy groups -OCH3 is 1. The molecule has 0 unspecified atom stereocenters. The van der Waals surface area contributed by atoms with Gasteiger partial charge >= 0.3 is 0 Å². The standard InChI is InChI=1S/C17H15ClN4O2S/c1-23-16-8-13(9-20-22-11-19-21-17(22)25)4-7-15(16)24-10-12-2-5-14(18)6-3-12/h2-9,11H,10H2,1H3,(H,21,25)/b20-9-. The fourth-order valence-electron chi connectivity index (χ4n) is 2.08. The number of nitrogens with one attached hydrogen (secondary N) is 1. The van der Waals surface area contributed by atoms with Crippen LogP contribution in [0.5, 0.6) is 11.5 Å². The molecule has 0 aliphatic rings. The van der Waals surface area contributed by atoms with Crippen LogP contribution in [0.25, 0.3) is 0 Å². The highest BCUT2D eigenvalue weighted by molar-refractivity contribution is 7.71. The lowest BCUT2D eigenvalue weighted by Crippen LogP contribution is -1.98. The third-order valence-electron chi connectivity index (χ3n) is 3.36. The van der Waals surface area contributed by atoms with Crippen molar-refractivity contribution in [3.8, 4) is 11.5 Å². The van der Waals surface area contributed by atoms with Gasteiger partial charge in [0.25, 0.3) is 0 Å². The number of rotatable bonds is 6. The second-order valence-electron chi connectivity index (χ2n) is 5.08. The molecule has 1 N–H and O–H groups in total. The molecule has 1 heterocycles. The quantitative estimate of drug-likeness (QED) is 0.522. The van der Waals surface area contributed by atoms with Crippen LogP contribution < -0.4 is 9.47 Å². The van der Waals surface area contributed by atoms with Crippen LogP contribution in [0.4, 0.5) is 0 Å². The van der Waals surface area contributed by atoms with Gasteiger partial charge in [-0.05, 0) is 53.7 Å². The van der Waals surface area contributed by atoms with Crippen LogP contribution in [-0.2, 0) is 6.61 Å². The van der Waals surface area contributed by atoms with Gasteiger partial charge in [0.05, 0.1) is 13.3 Å². The molecule has 6 nitrogen and oxygen atoms in total. The van der Waals surface area contributed by atoms with Gasteiger partial charge in [0, 0.05) is 5.02 Å². The summed E-state index contributed by atoms with van der Waals surface area (Å²) in [5.74, 6) is 1.27. The van der Waals surface area contributed by atoms with E-state index in [1.807, 2.05) is 42.5 Å². The van der Waals surface area contributed by atoms with Crippen molar-refractivity contribution in [2.45, 2.75) is 6.61 Å². The number of halogens is 1. The number of aromatic amines is 1. The minimum Gasteiger partial charge on any atom is -0.493 e. The Kier molecular flexibility index (Phi) is 5.47. The monoisotopic (exact) mass is 374 g/mol. The Morgan fingerprint density at radius 3 is 2.72 bits per heavy atom. The van der Waals surface area contributed by atoms with Gasteiger partial charge < -0.3 is 9.47 Å². The van der Waals surface area contributed by atoms with Crippen molar-refractivity contribution in [1.82, 2.24) is 14.9 Å². The van der Waals surface area contributed by atoms with Crippen molar-refractivity contribution < 1.29 is 9.47 Å². The molecule has 0 spiro atoms. The summed E-state index contributed by atoms with van der Waals surface area (Å²) in [5, 5.41) is 11.4. The number of aromatic nitrogens is 3. The summed E-state index contributed by atoms with van der Waals surface area (Å²) in [4.78, 5) is 0. The van der Waals surface area contributed by atoms with E-state index >= 15 is 0 Å². The third kappa shape index (κ3) is 4.46. The van der Waals surface area contributed by atoms with Crippen LogP contribution in [0.15, 0.2) is 53.9 Å². The highest BCUT2D eigenvalue weighted by atomic mass is 35.5. The summed E-state index contributed by atoms with van der Waals surface area (Å²) in [6.07, 6.45) is 3.16.